The first-order valence-electron chi connectivity index (χ1n) is 5.24. The maximum atomic E-state index is 11.0. The summed E-state index contributed by atoms with van der Waals surface area (Å²) in [6, 6.07) is 0. The second kappa shape index (κ2) is 6.21. The highest BCUT2D eigenvalue weighted by Gasteiger charge is 2.13. The van der Waals surface area contributed by atoms with Gasteiger partial charge in [-0.15, -0.1) is 23.7 Å². The number of aryl methyl sites for hydroxylation is 1. The van der Waals surface area contributed by atoms with Crippen LogP contribution in [0.15, 0.2) is 11.0 Å². The number of carbonyl (C=O) groups is 1. The molecule has 1 aromatic rings. The third-order valence-corrected chi connectivity index (χ3v) is 2.92. The number of carbonyl (C=O) groups excluding carboxylic acids is 1. The van der Waals surface area contributed by atoms with Crippen LogP contribution in [0.25, 0.3) is 6.08 Å². The molecule has 1 rings (SSSR count). The Morgan fingerprint density at radius 3 is 2.88 bits per heavy atom. The fourth-order valence-corrected chi connectivity index (χ4v) is 1.95. The molecule has 0 aromatic carbocycles. The Bertz CT molecular complexity index is 468. The number of rotatable bonds is 4. The van der Waals surface area contributed by atoms with Crippen molar-refractivity contribution >= 4 is 23.4 Å². The second-order valence-electron chi connectivity index (χ2n) is 3.69. The van der Waals surface area contributed by atoms with Gasteiger partial charge in [-0.3, -0.25) is 4.79 Å². The van der Waals surface area contributed by atoms with Gasteiger partial charge < -0.3 is 4.74 Å². The van der Waals surface area contributed by atoms with Crippen LogP contribution in [0, 0.1) is 19.3 Å². The van der Waals surface area contributed by atoms with Crippen LogP contribution in [0.1, 0.15) is 31.0 Å². The van der Waals surface area contributed by atoms with E-state index >= 15 is 0 Å². The Balaban J connectivity index is 2.83. The van der Waals surface area contributed by atoms with Gasteiger partial charge in [-0.1, -0.05) is 0 Å². The monoisotopic (exact) mass is 249 g/mol. The van der Waals surface area contributed by atoms with Crippen molar-refractivity contribution in [3.8, 4) is 12.3 Å². The molecule has 0 aliphatic carbocycles. The van der Waals surface area contributed by atoms with E-state index in [9.17, 15) is 4.79 Å². The van der Waals surface area contributed by atoms with Crippen LogP contribution >= 0.6 is 11.3 Å². The number of hydrogen-bond acceptors (Lipinski definition) is 4. The molecule has 3 nitrogen and oxygen atoms in total. The number of aromatic nitrogens is 1. The highest BCUT2D eigenvalue weighted by Crippen LogP contribution is 2.16. The lowest BCUT2D eigenvalue weighted by Crippen LogP contribution is -2.16. The van der Waals surface area contributed by atoms with Gasteiger partial charge in [0.2, 0.25) is 0 Å². The van der Waals surface area contributed by atoms with Crippen LogP contribution < -0.4 is 0 Å². The Morgan fingerprint density at radius 1 is 1.71 bits per heavy atom. The molecular formula is C13H15NO2S. The molecule has 0 N–H and O–H groups in total. The van der Waals surface area contributed by atoms with Crippen LogP contribution in [-0.4, -0.2) is 17.1 Å². The van der Waals surface area contributed by atoms with Gasteiger partial charge in [-0.2, -0.15) is 0 Å². The maximum Gasteiger partial charge on any atom is 0.303 e. The summed E-state index contributed by atoms with van der Waals surface area (Å²) in [5.41, 5.74) is 1.78. The molecule has 0 radical (unpaired) electrons. The fraction of sp³-hybridized carbons (Fsp3) is 0.385. The van der Waals surface area contributed by atoms with Crippen LogP contribution in [0.4, 0.5) is 0 Å². The van der Waals surface area contributed by atoms with Gasteiger partial charge in [0.25, 0.3) is 0 Å². The smallest absolute Gasteiger partial charge is 0.303 e. The number of thiazole rings is 1. The number of terminal acetylenes is 1. The zero-order valence-corrected chi connectivity index (χ0v) is 11.0. The topological polar surface area (TPSA) is 39.2 Å². The first kappa shape index (κ1) is 13.5. The van der Waals surface area contributed by atoms with Crippen molar-refractivity contribution in [2.24, 2.45) is 0 Å². The maximum absolute atomic E-state index is 11.0. The highest BCUT2D eigenvalue weighted by molar-refractivity contribution is 7.09. The molecule has 4 heteroatoms. The quantitative estimate of drug-likeness (QED) is 0.608. The predicted octanol–water partition coefficient (Wildman–Crippen LogP) is 2.81. The molecule has 0 amide bonds. The van der Waals surface area contributed by atoms with Crippen LogP contribution in [-0.2, 0) is 9.53 Å². The van der Waals surface area contributed by atoms with Gasteiger partial charge >= 0.3 is 5.97 Å². The van der Waals surface area contributed by atoms with Gasteiger partial charge in [0.15, 0.2) is 0 Å². The molecule has 0 aliphatic rings. The molecule has 1 aromatic heterocycles. The highest BCUT2D eigenvalue weighted by atomic mass is 32.1. The van der Waals surface area contributed by atoms with E-state index in [2.05, 4.69) is 10.9 Å². The summed E-state index contributed by atoms with van der Waals surface area (Å²) < 4.78 is 5.16. The van der Waals surface area contributed by atoms with Gasteiger partial charge in [0.05, 0.1) is 10.7 Å². The lowest BCUT2D eigenvalue weighted by molar-refractivity contribution is -0.144. The molecule has 90 valence electrons. The number of esters is 1. The summed E-state index contributed by atoms with van der Waals surface area (Å²) in [7, 11) is 0. The predicted molar refractivity (Wildman–Crippen MR) is 69.5 cm³/mol. The summed E-state index contributed by atoms with van der Waals surface area (Å²) in [4.78, 5) is 15.3. The third kappa shape index (κ3) is 4.41. The minimum absolute atomic E-state index is 0.326. The van der Waals surface area contributed by atoms with E-state index in [0.717, 1.165) is 16.3 Å². The van der Waals surface area contributed by atoms with Crippen molar-refractivity contribution in [1.82, 2.24) is 4.98 Å². The lowest BCUT2D eigenvalue weighted by Gasteiger charge is -2.14. The van der Waals surface area contributed by atoms with Crippen molar-refractivity contribution in [2.75, 3.05) is 0 Å². The normalized spacial score (nSPS) is 12.9. The van der Waals surface area contributed by atoms with E-state index in [-0.39, 0.29) is 12.1 Å². The van der Waals surface area contributed by atoms with Gasteiger partial charge in [-0.05, 0) is 25.5 Å². The number of hydrogen-bond donors (Lipinski definition) is 0. The molecule has 0 spiro atoms. The summed E-state index contributed by atoms with van der Waals surface area (Å²) >= 11 is 1.58. The molecule has 1 heterocycles. The van der Waals surface area contributed by atoms with E-state index < -0.39 is 0 Å². The largest absolute Gasteiger partial charge is 0.457 e. The third-order valence-electron chi connectivity index (χ3n) is 2.13. The Hall–Kier alpha value is -1.60. The van der Waals surface area contributed by atoms with E-state index in [1.54, 1.807) is 11.3 Å². The minimum Gasteiger partial charge on any atom is -0.457 e. The molecule has 0 saturated heterocycles. The first-order chi connectivity index (χ1) is 8.02. The molecular weight excluding hydrogens is 234 g/mol. The second-order valence-corrected chi connectivity index (χ2v) is 4.75. The fourth-order valence-electron chi connectivity index (χ4n) is 1.38. The van der Waals surface area contributed by atoms with Crippen molar-refractivity contribution in [3.63, 3.8) is 0 Å². The van der Waals surface area contributed by atoms with E-state index in [4.69, 9.17) is 11.2 Å². The van der Waals surface area contributed by atoms with Crippen molar-refractivity contribution in [1.29, 1.82) is 0 Å². The lowest BCUT2D eigenvalue weighted by atomic mass is 10.1. The van der Waals surface area contributed by atoms with E-state index in [1.807, 2.05) is 25.3 Å². The van der Waals surface area contributed by atoms with Crippen LogP contribution in [0.2, 0.25) is 0 Å². The van der Waals surface area contributed by atoms with Crippen molar-refractivity contribution < 1.29 is 9.53 Å². The first-order valence-corrected chi connectivity index (χ1v) is 6.12. The average molecular weight is 249 g/mol. The number of ether oxygens (including phenoxy) is 1. The summed E-state index contributed by atoms with van der Waals surface area (Å²) in [5.74, 6) is 2.18. The van der Waals surface area contributed by atoms with E-state index in [1.165, 1.54) is 6.92 Å². The molecule has 0 fully saturated rings. The molecule has 0 aliphatic heterocycles. The zero-order chi connectivity index (χ0) is 12.8. The SMILES string of the molecule is C#CCC(OC(C)=O)/C(C)=C/c1csc(C)n1. The molecule has 17 heavy (non-hydrogen) atoms. The summed E-state index contributed by atoms with van der Waals surface area (Å²) in [6.07, 6.45) is 7.17. The molecule has 0 bridgehead atoms. The zero-order valence-electron chi connectivity index (χ0n) is 10.2. The minimum atomic E-state index is -0.362. The standard InChI is InChI=1S/C13H15NO2S/c1-5-6-13(16-11(4)15)9(2)7-12-8-17-10(3)14-12/h1,7-8,13H,6H2,2-4H3/b9-7+. The Kier molecular flexibility index (Phi) is 4.92. The van der Waals surface area contributed by atoms with Crippen molar-refractivity contribution in [2.45, 2.75) is 33.3 Å². The van der Waals surface area contributed by atoms with Gasteiger partial charge in [0, 0.05) is 18.7 Å². The Morgan fingerprint density at radius 2 is 2.41 bits per heavy atom. The van der Waals surface area contributed by atoms with Gasteiger partial charge in [-0.25, -0.2) is 4.98 Å². The van der Waals surface area contributed by atoms with Crippen molar-refractivity contribution in [3.05, 3.63) is 21.7 Å². The van der Waals surface area contributed by atoms with Crippen LogP contribution in [0.3, 0.4) is 0 Å². The number of nitrogens with zero attached hydrogens (tertiary/aromatic N) is 1. The van der Waals surface area contributed by atoms with Crippen LogP contribution in [0.5, 0.6) is 0 Å². The molecule has 1 atom stereocenters. The Labute approximate surface area is 106 Å². The summed E-state index contributed by atoms with van der Waals surface area (Å²) in [6.45, 7) is 5.21. The van der Waals surface area contributed by atoms with E-state index in [0.29, 0.717) is 6.42 Å². The summed E-state index contributed by atoms with van der Waals surface area (Å²) in [5, 5.41) is 2.96. The van der Waals surface area contributed by atoms with Gasteiger partial charge in [0.1, 0.15) is 6.10 Å². The molecule has 0 saturated carbocycles. The average Bonchev–Trinajstić information content (AvgIpc) is 2.62. The molecule has 1 unspecified atom stereocenters.